The Hall–Kier alpha value is -2.56. The van der Waals surface area contributed by atoms with Crippen molar-refractivity contribution in [3.8, 4) is 0 Å². The van der Waals surface area contributed by atoms with E-state index in [9.17, 15) is 10.3 Å². The van der Waals surface area contributed by atoms with Crippen LogP contribution in [0.3, 0.4) is 0 Å². The molecule has 11 heteroatoms. The van der Waals surface area contributed by atoms with Crippen molar-refractivity contribution in [3.63, 3.8) is 0 Å². The van der Waals surface area contributed by atoms with Gasteiger partial charge in [0.15, 0.2) is 17.5 Å². The summed E-state index contributed by atoms with van der Waals surface area (Å²) >= 11 is 0. The molecule has 0 aliphatic carbocycles. The molecule has 3 N–H and O–H groups in total. The first kappa shape index (κ1) is 22.5. The van der Waals surface area contributed by atoms with Gasteiger partial charge < -0.3 is 32.4 Å². The average Bonchev–Trinajstić information content (AvgIpc) is 3.05. The van der Waals surface area contributed by atoms with Crippen LogP contribution in [-0.4, -0.2) is 43.7 Å². The molecule has 27 heavy (non-hydrogen) atoms. The molecule has 0 aliphatic heterocycles. The number of hydrogen-bond donors (Lipinski definition) is 3. The molecule has 1 unspecified atom stereocenters. The summed E-state index contributed by atoms with van der Waals surface area (Å²) in [7, 11) is 0. The van der Waals surface area contributed by atoms with Crippen molar-refractivity contribution in [3.05, 3.63) is 48.6 Å². The van der Waals surface area contributed by atoms with E-state index in [0.29, 0.717) is 17.9 Å². The van der Waals surface area contributed by atoms with Crippen LogP contribution in [0.25, 0.3) is 0 Å². The third-order valence-corrected chi connectivity index (χ3v) is 3.43. The molecule has 0 fully saturated rings. The van der Waals surface area contributed by atoms with Crippen LogP contribution in [0.2, 0.25) is 0 Å². The Morgan fingerprint density at radius 3 is 2.67 bits per heavy atom. The van der Waals surface area contributed by atoms with E-state index in [1.165, 1.54) is 23.3 Å². The molecule has 0 saturated heterocycles. The largest absolute Gasteiger partial charge is 1.00 e. The Morgan fingerprint density at radius 1 is 1.26 bits per heavy atom. The minimum Gasteiger partial charge on any atom is -1.00 e. The molecule has 0 saturated carbocycles. The molecule has 148 valence electrons. The second-order valence-corrected chi connectivity index (χ2v) is 5.83. The molecule has 0 aromatic carbocycles. The number of rotatable bonds is 7. The molecule has 0 amide bonds. The van der Waals surface area contributed by atoms with E-state index in [0.717, 1.165) is 4.73 Å². The molecule has 0 aliphatic rings. The highest BCUT2D eigenvalue weighted by Gasteiger charge is 2.13. The van der Waals surface area contributed by atoms with Crippen molar-refractivity contribution < 1.29 is 32.4 Å². The quantitative estimate of drug-likeness (QED) is 0.118. The Kier molecular flexibility index (Phi) is 9.34. The number of aromatic nitrogens is 3. The summed E-state index contributed by atoms with van der Waals surface area (Å²) in [6.07, 6.45) is 5.09. The van der Waals surface area contributed by atoms with Crippen LogP contribution < -0.4 is 22.5 Å². The fourth-order valence-electron chi connectivity index (χ4n) is 2.02. The predicted molar refractivity (Wildman–Crippen MR) is 92.1 cm³/mol. The van der Waals surface area contributed by atoms with E-state index in [1.807, 2.05) is 32.2 Å². The summed E-state index contributed by atoms with van der Waals surface area (Å²) in [5.41, 5.74) is 0.592. The Morgan fingerprint density at radius 2 is 2.04 bits per heavy atom. The zero-order chi connectivity index (χ0) is 18.9. The highest BCUT2D eigenvalue weighted by atomic mass is 35.5. The van der Waals surface area contributed by atoms with Crippen molar-refractivity contribution in [1.29, 1.82) is 0 Å². The maximum absolute atomic E-state index is 9.98. The lowest BCUT2D eigenvalue weighted by molar-refractivity contribution is -0.757. The zero-order valence-electron chi connectivity index (χ0n) is 15.2. The van der Waals surface area contributed by atoms with Gasteiger partial charge >= 0.3 is 0 Å². The number of amidine groups is 1. The third-order valence-electron chi connectivity index (χ3n) is 3.43. The summed E-state index contributed by atoms with van der Waals surface area (Å²) in [5.74, 6) is 0.405. The van der Waals surface area contributed by atoms with Gasteiger partial charge in [-0.2, -0.15) is 5.11 Å². The van der Waals surface area contributed by atoms with E-state index in [-0.39, 0.29) is 31.5 Å². The van der Waals surface area contributed by atoms with E-state index in [4.69, 9.17) is 5.11 Å². The van der Waals surface area contributed by atoms with Gasteiger partial charge in [-0.05, 0) is 12.1 Å². The van der Waals surface area contributed by atoms with Crippen LogP contribution in [0.4, 0.5) is 0 Å². The fourth-order valence-corrected chi connectivity index (χ4v) is 2.02. The lowest BCUT2D eigenvalue weighted by Crippen LogP contribution is -3.00. The van der Waals surface area contributed by atoms with Crippen molar-refractivity contribution in [2.75, 3.05) is 13.2 Å². The first-order valence-corrected chi connectivity index (χ1v) is 8.22. The van der Waals surface area contributed by atoms with Gasteiger partial charge in [-0.15, -0.1) is 15.3 Å². The molecule has 2 aromatic rings. The predicted octanol–water partition coefficient (Wildman–Crippen LogP) is -2.68. The molecule has 0 spiro atoms. The number of aliphatic hydroxyl groups is 2. The summed E-state index contributed by atoms with van der Waals surface area (Å²) < 4.78 is 4.01. The van der Waals surface area contributed by atoms with Crippen LogP contribution in [0.1, 0.15) is 20.1 Å². The van der Waals surface area contributed by atoms with Crippen molar-refractivity contribution in [2.24, 2.45) is 26.3 Å². The number of nitrogens with zero attached hydrogens (tertiary/aromatic N) is 7. The topological polar surface area (TPSA) is 124 Å². The normalized spacial score (nSPS) is 14.0. The summed E-state index contributed by atoms with van der Waals surface area (Å²) in [6, 6.07) is 5.47. The number of imidazole rings is 1. The first-order valence-electron chi connectivity index (χ1n) is 8.22. The van der Waals surface area contributed by atoms with Crippen LogP contribution in [0.5, 0.6) is 0 Å². The van der Waals surface area contributed by atoms with E-state index >= 15 is 0 Å². The maximum Gasteiger partial charge on any atom is 0.286 e. The highest BCUT2D eigenvalue weighted by molar-refractivity contribution is 5.84. The lowest BCUT2D eigenvalue weighted by Gasteiger charge is -2.05. The monoisotopic (exact) mass is 397 g/mol. The van der Waals surface area contributed by atoms with Crippen LogP contribution >= 0.6 is 0 Å². The van der Waals surface area contributed by atoms with Gasteiger partial charge in [-0.3, -0.25) is 0 Å². The van der Waals surface area contributed by atoms with Crippen LogP contribution in [0.15, 0.2) is 63.5 Å². The highest BCUT2D eigenvalue weighted by Crippen LogP contribution is 2.01. The molecule has 2 rings (SSSR count). The molecular formula is C16H24ClN7O3. The van der Waals surface area contributed by atoms with E-state index in [1.54, 1.807) is 10.6 Å². The molecule has 2 heterocycles. The minimum absolute atomic E-state index is 0. The van der Waals surface area contributed by atoms with Crippen molar-refractivity contribution in [1.82, 2.24) is 9.30 Å². The van der Waals surface area contributed by atoms with Crippen LogP contribution in [-0.2, 0) is 6.54 Å². The smallest absolute Gasteiger partial charge is 0.286 e. The average molecular weight is 398 g/mol. The molecule has 0 bridgehead atoms. The van der Waals surface area contributed by atoms with Gasteiger partial charge in [0.2, 0.25) is 6.23 Å². The number of hydrogen-bond acceptors (Lipinski definition) is 6. The third kappa shape index (κ3) is 6.93. The Labute approximate surface area is 162 Å². The number of aliphatic hydroxyl groups excluding tert-OH is 2. The van der Waals surface area contributed by atoms with Gasteiger partial charge in [-0.25, -0.2) is 4.57 Å². The van der Waals surface area contributed by atoms with Crippen LogP contribution in [0, 0.1) is 5.92 Å². The summed E-state index contributed by atoms with van der Waals surface area (Å²) in [6.45, 7) is 4.26. The molecule has 2 aromatic heterocycles. The second-order valence-electron chi connectivity index (χ2n) is 5.83. The van der Waals surface area contributed by atoms with Gasteiger partial charge in [0, 0.05) is 18.7 Å². The Balaban J connectivity index is 0.00000364. The van der Waals surface area contributed by atoms with Gasteiger partial charge in [-0.1, -0.05) is 24.6 Å². The second kappa shape index (κ2) is 11.2. The fraction of sp³-hybridized carbons (Fsp3) is 0.438. The molecule has 10 nitrogen and oxygen atoms in total. The first-order chi connectivity index (χ1) is 12.5. The molecule has 0 radical (unpaired) electrons. The number of azo groups is 1. The van der Waals surface area contributed by atoms with Gasteiger partial charge in [0.25, 0.3) is 6.33 Å². The van der Waals surface area contributed by atoms with Gasteiger partial charge in [0.1, 0.15) is 12.7 Å². The lowest BCUT2D eigenvalue weighted by atomic mass is 10.2. The summed E-state index contributed by atoms with van der Waals surface area (Å²) in [5, 5.41) is 44.7. The van der Waals surface area contributed by atoms with E-state index in [2.05, 4.69) is 20.4 Å². The van der Waals surface area contributed by atoms with Crippen molar-refractivity contribution >= 4 is 5.84 Å². The summed E-state index contributed by atoms with van der Waals surface area (Å²) in [4.78, 5) is 0. The number of pyridine rings is 1. The zero-order valence-corrected chi connectivity index (χ0v) is 15.9. The SMILES string of the molecule is CC(C)C(N=NCC(O)[n+]1ccn(O)c1)=NN=c1ccccn1CCO.[Cl-]. The van der Waals surface area contributed by atoms with E-state index < -0.39 is 6.23 Å². The molecular weight excluding hydrogens is 374 g/mol. The maximum atomic E-state index is 9.98. The number of halogens is 1. The van der Waals surface area contributed by atoms with Crippen molar-refractivity contribution in [2.45, 2.75) is 26.6 Å². The standard InChI is InChI=1S/C16H24N7O3.ClH/c1-13(2)16(19-17-11-15(25)22-7-8-23(26)12-22)20-18-14-5-3-4-6-21(14)9-10-24;/h3-8,12-13,15,24-26H,9-11H2,1-2H3;1H/q+1;/p-1. The van der Waals surface area contributed by atoms with Gasteiger partial charge in [0.05, 0.1) is 6.61 Å². The minimum atomic E-state index is -0.946. The Bertz CT molecular complexity index is 829. The molecule has 1 atom stereocenters.